The third kappa shape index (κ3) is 2.03. The number of fused-ring (bicyclic) bond motifs is 1. The molecule has 2 rings (SSSR count). The van der Waals surface area contributed by atoms with Crippen LogP contribution in [0.1, 0.15) is 20.8 Å². The van der Waals surface area contributed by atoms with Gasteiger partial charge in [0.2, 0.25) is 0 Å². The van der Waals surface area contributed by atoms with Gasteiger partial charge in [0.05, 0.1) is 0 Å². The van der Waals surface area contributed by atoms with Crippen molar-refractivity contribution in [3.63, 3.8) is 0 Å². The Hall–Kier alpha value is -0.426. The summed E-state index contributed by atoms with van der Waals surface area (Å²) in [6.45, 7) is 12.0. The molecule has 0 atom stereocenters. The van der Waals surface area contributed by atoms with Gasteiger partial charge < -0.3 is 0 Å². The van der Waals surface area contributed by atoms with Crippen molar-refractivity contribution in [3.05, 3.63) is 30.5 Å². The van der Waals surface area contributed by atoms with Crippen molar-refractivity contribution >= 4 is 41.1 Å². The average Bonchev–Trinajstić information content (AvgIpc) is 2.56. The Labute approximate surface area is 115 Å². The van der Waals surface area contributed by atoms with Crippen molar-refractivity contribution in [2.75, 3.05) is 0 Å². The zero-order valence-corrected chi connectivity index (χ0v) is 12.8. The van der Waals surface area contributed by atoms with Crippen molar-refractivity contribution in [1.29, 1.82) is 0 Å². The summed E-state index contributed by atoms with van der Waals surface area (Å²) < 4.78 is 3.96. The third-order valence-electron chi connectivity index (χ3n) is 4.35. The second-order valence-electron chi connectivity index (χ2n) is 6.51. The molecule has 0 saturated carbocycles. The Morgan fingerprint density at radius 2 is 1.71 bits per heavy atom. The summed E-state index contributed by atoms with van der Waals surface area (Å²) in [4.78, 5) is 0. The van der Waals surface area contributed by atoms with Crippen LogP contribution in [0, 0.1) is 0 Å². The maximum absolute atomic E-state index is 2.57. The van der Waals surface area contributed by atoms with E-state index in [-0.39, 0.29) is 0 Å². The van der Waals surface area contributed by atoms with Gasteiger partial charge in [-0.15, -0.1) is 0 Å². The second-order valence-corrected chi connectivity index (χ2v) is 11.6. The van der Waals surface area contributed by atoms with Crippen LogP contribution in [-0.4, -0.2) is 30.2 Å². The van der Waals surface area contributed by atoms with Crippen LogP contribution in [0.25, 0.3) is 10.9 Å². The molecule has 3 heteroatoms. The van der Waals surface area contributed by atoms with Crippen molar-refractivity contribution in [2.24, 2.45) is 0 Å². The summed E-state index contributed by atoms with van der Waals surface area (Å²) in [6.07, 6.45) is 2.35. The van der Waals surface area contributed by atoms with E-state index in [0.717, 1.165) is 0 Å². The molecule has 86 valence electrons. The molecule has 2 aromatic rings. The molecule has 17 heavy (non-hydrogen) atoms. The van der Waals surface area contributed by atoms with Crippen LogP contribution < -0.4 is 4.24 Å². The predicted octanol–water partition coefficient (Wildman–Crippen LogP) is 3.29. The quantitative estimate of drug-likeness (QED) is 0.671. The van der Waals surface area contributed by atoms with E-state index in [1.807, 2.05) is 0 Å². The monoisotopic (exact) mass is 237 g/mol. The summed E-state index contributed by atoms with van der Waals surface area (Å²) >= 11 is 2.21. The molecule has 0 radical (unpaired) electrons. The maximum atomic E-state index is 2.57. The first-order chi connectivity index (χ1) is 7.75. The van der Waals surface area contributed by atoms with Crippen LogP contribution in [-0.2, 0) is 0 Å². The fourth-order valence-electron chi connectivity index (χ4n) is 2.17. The molecule has 0 N–H and O–H groups in total. The van der Waals surface area contributed by atoms with Crippen LogP contribution in [0.2, 0.25) is 18.1 Å². The van der Waals surface area contributed by atoms with Gasteiger partial charge in [0.1, 0.15) is 0 Å². The molecule has 0 aliphatic heterocycles. The van der Waals surface area contributed by atoms with Gasteiger partial charge in [-0.05, 0) is 0 Å². The summed E-state index contributed by atoms with van der Waals surface area (Å²) in [5, 5.41) is 1.76. The molecule has 1 aromatic carbocycles. The number of aromatic nitrogens is 1. The van der Waals surface area contributed by atoms with Crippen LogP contribution >= 0.6 is 0 Å². The summed E-state index contributed by atoms with van der Waals surface area (Å²) in [7, 11) is -1.51. The molecule has 0 aliphatic rings. The third-order valence-corrected chi connectivity index (χ3v) is 9.59. The minimum atomic E-state index is -1.51. The summed E-state index contributed by atoms with van der Waals surface area (Å²) in [6, 6.07) is 8.76. The van der Waals surface area contributed by atoms with Gasteiger partial charge in [0, 0.05) is 0 Å². The Morgan fingerprint density at radius 1 is 1.12 bits per heavy atom. The summed E-state index contributed by atoms with van der Waals surface area (Å²) in [5.41, 5.74) is 1.40. The van der Waals surface area contributed by atoms with Crippen LogP contribution in [0.15, 0.2) is 30.5 Å². The van der Waals surface area contributed by atoms with Gasteiger partial charge in [0.15, 0.2) is 0 Å². The second kappa shape index (κ2) is 4.05. The Balaban J connectivity index is 2.72. The van der Waals surface area contributed by atoms with E-state index in [2.05, 4.69) is 86.3 Å². The first-order valence-electron chi connectivity index (χ1n) is 6.32. The van der Waals surface area contributed by atoms with E-state index in [4.69, 9.17) is 0 Å². The number of para-hydroxylation sites is 1. The van der Waals surface area contributed by atoms with Gasteiger partial charge in [0.25, 0.3) is 0 Å². The molecule has 0 amide bonds. The van der Waals surface area contributed by atoms with E-state index in [9.17, 15) is 0 Å². The number of rotatable bonds is 1. The molecule has 0 bridgehead atoms. The number of hydrogen-bond donors (Lipinski definition) is 0. The van der Waals surface area contributed by atoms with E-state index in [1.54, 1.807) is 0 Å². The van der Waals surface area contributed by atoms with Crippen molar-refractivity contribution in [1.82, 2.24) is 4.23 Å². The fraction of sp³-hybridized carbons (Fsp3) is 0.429. The fourth-order valence-corrected chi connectivity index (χ4v) is 4.21. The van der Waals surface area contributed by atoms with Crippen molar-refractivity contribution in [2.45, 2.75) is 38.9 Å². The molecular formula is C14H20LiNSi. The number of benzene rings is 1. The van der Waals surface area contributed by atoms with Crippen LogP contribution in [0.4, 0.5) is 0 Å². The standard InChI is InChI=1S/C14H20NSi.Li/c1-14(2,3)16(4,5)15-11-10-12-8-6-7-9-13(12)15;/h6-9,11H,1-5H3;. The molecule has 0 aliphatic carbocycles. The molecule has 1 aromatic heterocycles. The first-order valence-corrected chi connectivity index (χ1v) is 9.27. The van der Waals surface area contributed by atoms with Crippen molar-refractivity contribution in [3.8, 4) is 0 Å². The van der Waals surface area contributed by atoms with Gasteiger partial charge in [-0.2, -0.15) is 0 Å². The SMILES string of the molecule is [Li][c]1cn([Si](C)(C)C(C)(C)C)c2ccccc12. The minimum absolute atomic E-state index is 0.362. The first kappa shape index (κ1) is 13.0. The van der Waals surface area contributed by atoms with Crippen molar-refractivity contribution < 1.29 is 0 Å². The van der Waals surface area contributed by atoms with Gasteiger partial charge in [-0.25, -0.2) is 0 Å². The van der Waals surface area contributed by atoms with Crippen LogP contribution in [0.3, 0.4) is 0 Å². The molecule has 0 fully saturated rings. The zero-order valence-electron chi connectivity index (χ0n) is 11.8. The molecule has 1 nitrogen and oxygen atoms in total. The molecule has 1 heterocycles. The Bertz CT molecular complexity index is 549. The number of hydrogen-bond acceptors (Lipinski definition) is 0. The Morgan fingerprint density at radius 3 is 2.29 bits per heavy atom. The van der Waals surface area contributed by atoms with E-state index in [1.165, 1.54) is 15.1 Å². The zero-order chi connectivity index (χ0) is 12.8. The normalized spacial score (nSPS) is 13.4. The van der Waals surface area contributed by atoms with E-state index >= 15 is 0 Å². The molecule has 0 spiro atoms. The summed E-state index contributed by atoms with van der Waals surface area (Å²) in [5.74, 6) is 0. The van der Waals surface area contributed by atoms with Gasteiger partial charge in [-0.1, -0.05) is 0 Å². The Kier molecular flexibility index (Phi) is 3.10. The average molecular weight is 237 g/mol. The van der Waals surface area contributed by atoms with E-state index < -0.39 is 8.24 Å². The predicted molar refractivity (Wildman–Crippen MR) is 79.9 cm³/mol. The molecule has 0 unspecified atom stereocenters. The number of nitrogens with zero attached hydrogens (tertiary/aromatic N) is 1. The topological polar surface area (TPSA) is 4.93 Å². The van der Waals surface area contributed by atoms with Crippen LogP contribution in [0.5, 0.6) is 0 Å². The van der Waals surface area contributed by atoms with Gasteiger partial charge >= 0.3 is 115 Å². The molecule has 0 saturated heterocycles. The van der Waals surface area contributed by atoms with E-state index in [0.29, 0.717) is 5.04 Å². The van der Waals surface area contributed by atoms with Gasteiger partial charge in [-0.3, -0.25) is 0 Å². The molecular weight excluding hydrogens is 217 g/mol.